The van der Waals surface area contributed by atoms with Gasteiger partial charge in [-0.25, -0.2) is 4.39 Å². The maximum Gasteiger partial charge on any atom is 0.129 e. The molecule has 0 bridgehead atoms. The van der Waals surface area contributed by atoms with E-state index in [1.165, 1.54) is 6.07 Å². The molecule has 0 amide bonds. The molecule has 3 heteroatoms. The van der Waals surface area contributed by atoms with Crippen LogP contribution in [0.5, 0.6) is 0 Å². The van der Waals surface area contributed by atoms with E-state index in [9.17, 15) is 4.39 Å². The third-order valence-corrected chi connectivity index (χ3v) is 3.75. The van der Waals surface area contributed by atoms with Crippen LogP contribution in [0.15, 0.2) is 18.2 Å². The quantitative estimate of drug-likeness (QED) is 0.621. The van der Waals surface area contributed by atoms with Gasteiger partial charge >= 0.3 is 0 Å². The Morgan fingerprint density at radius 2 is 1.84 bits per heavy atom. The van der Waals surface area contributed by atoms with Gasteiger partial charge in [0, 0.05) is 23.8 Å². The van der Waals surface area contributed by atoms with Crippen molar-refractivity contribution in [2.75, 3.05) is 11.4 Å². The minimum absolute atomic E-state index is 0.202. The smallest absolute Gasteiger partial charge is 0.129 e. The van der Waals surface area contributed by atoms with E-state index in [0.717, 1.165) is 25.1 Å². The molecule has 0 fully saturated rings. The van der Waals surface area contributed by atoms with Crippen molar-refractivity contribution in [1.29, 1.82) is 0 Å². The second-order valence-corrected chi connectivity index (χ2v) is 5.65. The summed E-state index contributed by atoms with van der Waals surface area (Å²) < 4.78 is 13.9. The van der Waals surface area contributed by atoms with E-state index in [0.29, 0.717) is 17.5 Å². The SMILES string of the molecule is CCC(CC)N(CC(C)C)c1cccc(F)c1CCl. The van der Waals surface area contributed by atoms with Gasteiger partial charge in [0.25, 0.3) is 0 Å². The van der Waals surface area contributed by atoms with Gasteiger partial charge in [0.1, 0.15) is 5.82 Å². The van der Waals surface area contributed by atoms with E-state index in [-0.39, 0.29) is 11.7 Å². The van der Waals surface area contributed by atoms with Crippen molar-refractivity contribution < 1.29 is 4.39 Å². The second-order valence-electron chi connectivity index (χ2n) is 5.39. The first-order valence-electron chi connectivity index (χ1n) is 7.15. The maximum atomic E-state index is 13.9. The standard InChI is InChI=1S/C16H25ClFN/c1-5-13(6-2)19(11-12(3)4)16-9-7-8-15(18)14(16)10-17/h7-9,12-13H,5-6,10-11H2,1-4H3. The molecule has 1 aromatic rings. The van der Waals surface area contributed by atoms with Gasteiger partial charge in [-0.15, -0.1) is 11.6 Å². The summed E-state index contributed by atoms with van der Waals surface area (Å²) in [4.78, 5) is 2.32. The molecule has 0 radical (unpaired) electrons. The number of rotatable bonds is 7. The van der Waals surface area contributed by atoms with Gasteiger partial charge in [0.05, 0.1) is 5.88 Å². The number of alkyl halides is 1. The average Bonchev–Trinajstić information content (AvgIpc) is 2.38. The summed E-state index contributed by atoms with van der Waals surface area (Å²) in [5.41, 5.74) is 1.58. The fourth-order valence-corrected chi connectivity index (χ4v) is 2.78. The van der Waals surface area contributed by atoms with Gasteiger partial charge in [0.15, 0.2) is 0 Å². The first kappa shape index (κ1) is 16.3. The highest BCUT2D eigenvalue weighted by molar-refractivity contribution is 6.17. The molecule has 0 aliphatic carbocycles. The Hall–Kier alpha value is -0.760. The monoisotopic (exact) mass is 285 g/mol. The lowest BCUT2D eigenvalue weighted by atomic mass is 10.0. The fraction of sp³-hybridized carbons (Fsp3) is 0.625. The molecule has 0 saturated heterocycles. The summed E-state index contributed by atoms with van der Waals surface area (Å²) in [6.45, 7) is 9.67. The zero-order valence-electron chi connectivity index (χ0n) is 12.4. The summed E-state index contributed by atoms with van der Waals surface area (Å²) in [7, 11) is 0. The van der Waals surface area contributed by atoms with E-state index in [4.69, 9.17) is 11.6 Å². The van der Waals surface area contributed by atoms with Crippen LogP contribution in [0.1, 0.15) is 46.1 Å². The molecule has 1 nitrogen and oxygen atoms in total. The van der Waals surface area contributed by atoms with Crippen molar-refractivity contribution in [1.82, 2.24) is 0 Å². The molecule has 0 N–H and O–H groups in total. The summed E-state index contributed by atoms with van der Waals surface area (Å²) in [5, 5.41) is 0. The van der Waals surface area contributed by atoms with E-state index in [1.54, 1.807) is 6.07 Å². The van der Waals surface area contributed by atoms with Crippen LogP contribution in [0.25, 0.3) is 0 Å². The van der Waals surface area contributed by atoms with Gasteiger partial charge < -0.3 is 4.90 Å². The molecule has 0 saturated carbocycles. The maximum absolute atomic E-state index is 13.9. The molecule has 0 heterocycles. The van der Waals surface area contributed by atoms with Crippen LogP contribution in [0.2, 0.25) is 0 Å². The lowest BCUT2D eigenvalue weighted by Crippen LogP contribution is -2.38. The first-order chi connectivity index (χ1) is 9.04. The van der Waals surface area contributed by atoms with Crippen LogP contribution in [-0.2, 0) is 5.88 Å². The number of hydrogen-bond donors (Lipinski definition) is 0. The van der Waals surface area contributed by atoms with Gasteiger partial charge in [0.2, 0.25) is 0 Å². The predicted octanol–water partition coefficient (Wildman–Crippen LogP) is 5.22. The minimum Gasteiger partial charge on any atom is -0.368 e. The van der Waals surface area contributed by atoms with E-state index in [2.05, 4.69) is 32.6 Å². The Bertz CT molecular complexity index is 388. The molecule has 1 rings (SSSR count). The van der Waals surface area contributed by atoms with Crippen LogP contribution in [0.4, 0.5) is 10.1 Å². The number of anilines is 1. The van der Waals surface area contributed by atoms with Gasteiger partial charge in [-0.05, 0) is 30.9 Å². The van der Waals surface area contributed by atoms with Crippen molar-refractivity contribution in [3.63, 3.8) is 0 Å². The van der Waals surface area contributed by atoms with Crippen molar-refractivity contribution in [3.8, 4) is 0 Å². The summed E-state index contributed by atoms with van der Waals surface area (Å²) in [6, 6.07) is 5.69. The van der Waals surface area contributed by atoms with Crippen LogP contribution in [0, 0.1) is 11.7 Å². The molecule has 0 atom stereocenters. The second kappa shape index (κ2) is 7.74. The van der Waals surface area contributed by atoms with E-state index in [1.807, 2.05) is 6.07 Å². The van der Waals surface area contributed by atoms with Gasteiger partial charge in [-0.3, -0.25) is 0 Å². The average molecular weight is 286 g/mol. The molecule has 108 valence electrons. The third-order valence-electron chi connectivity index (χ3n) is 3.48. The topological polar surface area (TPSA) is 3.24 Å². The highest BCUT2D eigenvalue weighted by atomic mass is 35.5. The number of benzene rings is 1. The Labute approximate surface area is 121 Å². The Kier molecular flexibility index (Phi) is 6.64. The highest BCUT2D eigenvalue weighted by Gasteiger charge is 2.20. The lowest BCUT2D eigenvalue weighted by Gasteiger charge is -2.35. The molecule has 0 spiro atoms. The fourth-order valence-electron chi connectivity index (χ4n) is 2.52. The van der Waals surface area contributed by atoms with Crippen molar-refractivity contribution in [2.24, 2.45) is 5.92 Å². The van der Waals surface area contributed by atoms with E-state index < -0.39 is 0 Å². The van der Waals surface area contributed by atoms with E-state index >= 15 is 0 Å². The Morgan fingerprint density at radius 3 is 2.32 bits per heavy atom. The Morgan fingerprint density at radius 1 is 1.21 bits per heavy atom. The highest BCUT2D eigenvalue weighted by Crippen LogP contribution is 2.29. The molecular weight excluding hydrogens is 261 g/mol. The largest absolute Gasteiger partial charge is 0.368 e. The van der Waals surface area contributed by atoms with Gasteiger partial charge in [-0.1, -0.05) is 33.8 Å². The summed E-state index contributed by atoms with van der Waals surface area (Å²) in [5.74, 6) is 0.552. The van der Waals surface area contributed by atoms with Crippen molar-refractivity contribution in [2.45, 2.75) is 52.5 Å². The van der Waals surface area contributed by atoms with Crippen molar-refractivity contribution >= 4 is 17.3 Å². The zero-order valence-corrected chi connectivity index (χ0v) is 13.2. The van der Waals surface area contributed by atoms with Crippen LogP contribution in [0.3, 0.4) is 0 Å². The number of nitrogens with zero attached hydrogens (tertiary/aromatic N) is 1. The van der Waals surface area contributed by atoms with Crippen LogP contribution < -0.4 is 4.90 Å². The minimum atomic E-state index is -0.202. The summed E-state index contributed by atoms with van der Waals surface area (Å²) >= 11 is 5.94. The van der Waals surface area contributed by atoms with Crippen LogP contribution >= 0.6 is 11.6 Å². The summed E-state index contributed by atoms with van der Waals surface area (Å²) in [6.07, 6.45) is 2.11. The molecule has 0 aromatic heterocycles. The Balaban J connectivity index is 3.19. The molecule has 0 aliphatic rings. The normalized spacial score (nSPS) is 11.4. The lowest BCUT2D eigenvalue weighted by molar-refractivity contribution is 0.504. The van der Waals surface area contributed by atoms with Crippen molar-refractivity contribution in [3.05, 3.63) is 29.6 Å². The molecular formula is C16H25ClFN. The number of halogens is 2. The molecule has 0 unspecified atom stereocenters. The molecule has 1 aromatic carbocycles. The molecule has 0 aliphatic heterocycles. The predicted molar refractivity (Wildman–Crippen MR) is 82.5 cm³/mol. The zero-order chi connectivity index (χ0) is 14.4. The van der Waals surface area contributed by atoms with Crippen LogP contribution in [-0.4, -0.2) is 12.6 Å². The van der Waals surface area contributed by atoms with Gasteiger partial charge in [-0.2, -0.15) is 0 Å². The molecule has 19 heavy (non-hydrogen) atoms. The third kappa shape index (κ3) is 4.10. The first-order valence-corrected chi connectivity index (χ1v) is 7.68. The number of hydrogen-bond acceptors (Lipinski definition) is 1.